The van der Waals surface area contributed by atoms with E-state index in [1.165, 1.54) is 145 Å². The third kappa shape index (κ3) is 10.5. The van der Waals surface area contributed by atoms with E-state index in [-0.39, 0.29) is 0 Å². The van der Waals surface area contributed by atoms with Crippen LogP contribution in [0.5, 0.6) is 0 Å². The highest BCUT2D eigenvalue weighted by Crippen LogP contribution is 2.64. The summed E-state index contributed by atoms with van der Waals surface area (Å²) in [6, 6.07) is 164. The van der Waals surface area contributed by atoms with Gasteiger partial charge in [-0.1, -0.05) is 346 Å². The molecule has 25 rings (SSSR count). The van der Waals surface area contributed by atoms with Crippen LogP contribution in [0.3, 0.4) is 0 Å². The van der Waals surface area contributed by atoms with Crippen molar-refractivity contribution in [2.75, 3.05) is 9.80 Å². The van der Waals surface area contributed by atoms with Gasteiger partial charge in [-0.05, 0) is 236 Å². The Morgan fingerprint density at radius 2 is 0.375 bits per heavy atom. The summed E-state index contributed by atoms with van der Waals surface area (Å²) in [5.41, 5.74) is 41.8. The number of para-hydroxylation sites is 2. The van der Waals surface area contributed by atoms with Gasteiger partial charge in [-0.15, -0.1) is 0 Å². The lowest BCUT2D eigenvalue weighted by Gasteiger charge is -2.35. The van der Waals surface area contributed by atoms with Crippen molar-refractivity contribution < 1.29 is 8.83 Å². The Labute approximate surface area is 696 Å². The van der Waals surface area contributed by atoms with Crippen molar-refractivity contribution in [1.82, 2.24) is 0 Å². The summed E-state index contributed by atoms with van der Waals surface area (Å²) in [5, 5.41) is 4.49. The van der Waals surface area contributed by atoms with Crippen molar-refractivity contribution in [3.05, 3.63) is 493 Å². The van der Waals surface area contributed by atoms with E-state index in [4.69, 9.17) is 8.83 Å². The van der Waals surface area contributed by atoms with Crippen LogP contribution in [-0.2, 0) is 10.8 Å². The highest BCUT2D eigenvalue weighted by molar-refractivity contribution is 6.09. The van der Waals surface area contributed by atoms with Gasteiger partial charge in [0.1, 0.15) is 22.3 Å². The molecule has 0 saturated carbocycles. The maximum atomic E-state index is 6.47. The lowest BCUT2D eigenvalue weighted by atomic mass is 9.66. The van der Waals surface area contributed by atoms with Crippen molar-refractivity contribution >= 4 is 78.0 Å². The Bertz CT molecular complexity index is 7530. The zero-order valence-corrected chi connectivity index (χ0v) is 65.4. The molecule has 4 nitrogen and oxygen atoms in total. The van der Waals surface area contributed by atoms with Gasteiger partial charge >= 0.3 is 0 Å². The molecule has 2 heterocycles. The second-order valence-corrected chi connectivity index (χ2v) is 32.0. The average Bonchev–Trinajstić information content (AvgIpc) is 1.52. The highest BCUT2D eigenvalue weighted by Gasteiger charge is 2.52. The largest absolute Gasteiger partial charge is 0.456 e. The first-order valence-electron chi connectivity index (χ1n) is 41.4. The molecule has 0 N–H and O–H groups in total. The van der Waals surface area contributed by atoms with E-state index in [1.54, 1.807) is 0 Å². The Morgan fingerprint density at radius 3 is 0.750 bits per heavy atom. The Morgan fingerprint density at radius 1 is 0.142 bits per heavy atom. The van der Waals surface area contributed by atoms with Gasteiger partial charge in [0.25, 0.3) is 0 Å². The maximum absolute atomic E-state index is 6.47. The minimum absolute atomic E-state index is 0.488. The monoisotopic (exact) mass is 1530 g/mol. The maximum Gasteiger partial charge on any atom is 0.137 e. The van der Waals surface area contributed by atoms with Crippen molar-refractivity contribution in [2.45, 2.75) is 10.8 Å². The molecule has 0 aliphatic heterocycles. The zero-order valence-electron chi connectivity index (χ0n) is 65.4. The van der Waals surface area contributed by atoms with Gasteiger partial charge in [-0.25, -0.2) is 0 Å². The third-order valence-corrected chi connectivity index (χ3v) is 25.8. The standard InChI is InChI=1S/C61H39NO.C55H35NO/c1-2-14-40(15-3-1)41-26-31-44(32-27-41)62(46-35-36-53-52-21-9-13-25-59(52)63-60(53)39-46)45-33-28-42(29-34-45)43-30-37-58-54(38-43)51-20-8-12-24-57(51)61(58)55-22-10-6-18-49(55)47-16-4-5-17-48(47)50-19-7-11-23-56(50)61;1-2-14-36(15-3-1)37-26-28-38(29-27-37)56(40-30-32-47-46-21-9-13-25-53(46)57-54(47)35-40)39-31-33-52-48(34-39)45-20-8-12-24-51(45)55(52)49-22-10-6-18-43(49)41-16-4-5-17-42(41)44-19-7-11-23-50(44)55/h1-39H;1-35H. The number of hydrogen-bond acceptors (Lipinski definition) is 4. The molecule has 0 radical (unpaired) electrons. The number of nitrogens with zero attached hydrogens (tertiary/aromatic N) is 2. The predicted molar refractivity (Wildman–Crippen MR) is 497 cm³/mol. The third-order valence-electron chi connectivity index (χ3n) is 25.8. The van der Waals surface area contributed by atoms with Gasteiger partial charge < -0.3 is 18.6 Å². The van der Waals surface area contributed by atoms with Crippen molar-refractivity contribution in [2.24, 2.45) is 0 Å². The van der Waals surface area contributed by atoms with Crippen LogP contribution >= 0.6 is 0 Å². The molecule has 4 heteroatoms. The Kier molecular flexibility index (Phi) is 15.8. The minimum Gasteiger partial charge on any atom is -0.456 e. The van der Waals surface area contributed by atoms with Gasteiger partial charge in [0.2, 0.25) is 0 Å². The molecule has 0 unspecified atom stereocenters. The molecule has 2 aromatic heterocycles. The van der Waals surface area contributed by atoms with Crippen LogP contribution in [0.4, 0.5) is 34.1 Å². The lowest BCUT2D eigenvalue weighted by molar-refractivity contribution is 0.668. The molecule has 120 heavy (non-hydrogen) atoms. The smallest absolute Gasteiger partial charge is 0.137 e. The molecule has 560 valence electrons. The fourth-order valence-electron chi connectivity index (χ4n) is 20.7. The van der Waals surface area contributed by atoms with Gasteiger partial charge in [-0.2, -0.15) is 0 Å². The molecule has 0 bridgehead atoms. The van der Waals surface area contributed by atoms with Crippen LogP contribution in [0.15, 0.2) is 458 Å². The summed E-state index contributed by atoms with van der Waals surface area (Å²) in [7, 11) is 0. The zero-order chi connectivity index (χ0) is 79.0. The Hall–Kier alpha value is -15.6. The summed E-state index contributed by atoms with van der Waals surface area (Å²) in [4.78, 5) is 4.70. The average molecular weight is 1530 g/mol. The van der Waals surface area contributed by atoms with Gasteiger partial charge in [0.05, 0.1) is 10.8 Å². The predicted octanol–water partition coefficient (Wildman–Crippen LogP) is 31.1. The summed E-state index contributed by atoms with van der Waals surface area (Å²) < 4.78 is 12.9. The molecular formula is C116H74N2O2. The van der Waals surface area contributed by atoms with Crippen LogP contribution in [0.25, 0.3) is 144 Å². The van der Waals surface area contributed by atoms with E-state index >= 15 is 0 Å². The number of furan rings is 2. The van der Waals surface area contributed by atoms with Crippen LogP contribution in [0.2, 0.25) is 0 Å². The molecule has 0 saturated heterocycles. The normalized spacial score (nSPS) is 13.0. The first-order chi connectivity index (χ1) is 59.5. The summed E-state index contributed by atoms with van der Waals surface area (Å²) in [6.07, 6.45) is 0. The molecule has 4 aliphatic carbocycles. The van der Waals surface area contributed by atoms with E-state index in [0.717, 1.165) is 78.0 Å². The summed E-state index contributed by atoms with van der Waals surface area (Å²) in [5.74, 6) is 0. The Balaban J connectivity index is 0.000000137. The fourth-order valence-corrected chi connectivity index (χ4v) is 20.7. The first-order valence-corrected chi connectivity index (χ1v) is 41.4. The highest BCUT2D eigenvalue weighted by atomic mass is 16.3. The molecule has 0 fully saturated rings. The quantitative estimate of drug-likeness (QED) is 0.144. The van der Waals surface area contributed by atoms with E-state index < -0.39 is 10.8 Å². The second kappa shape index (κ2) is 27.5. The molecule has 4 aliphatic rings. The fraction of sp³-hybridized carbons (Fsp3) is 0.0172. The summed E-state index contributed by atoms with van der Waals surface area (Å²) in [6.45, 7) is 0. The topological polar surface area (TPSA) is 32.8 Å². The van der Waals surface area contributed by atoms with E-state index in [1.807, 2.05) is 24.3 Å². The van der Waals surface area contributed by atoms with E-state index in [2.05, 4.69) is 434 Å². The van der Waals surface area contributed by atoms with Crippen molar-refractivity contribution in [3.63, 3.8) is 0 Å². The number of fused-ring (bicyclic) bond motifs is 30. The molecule has 19 aromatic carbocycles. The number of hydrogen-bond donors (Lipinski definition) is 0. The van der Waals surface area contributed by atoms with Crippen LogP contribution in [-0.4, -0.2) is 0 Å². The molecule has 0 amide bonds. The summed E-state index contributed by atoms with van der Waals surface area (Å²) >= 11 is 0. The van der Waals surface area contributed by atoms with Crippen LogP contribution < -0.4 is 9.80 Å². The van der Waals surface area contributed by atoms with E-state index in [0.29, 0.717) is 0 Å². The number of benzene rings is 19. The second-order valence-electron chi connectivity index (χ2n) is 32.0. The number of rotatable bonds is 9. The molecule has 0 atom stereocenters. The van der Waals surface area contributed by atoms with Gasteiger partial charge in [0.15, 0.2) is 0 Å². The van der Waals surface area contributed by atoms with Gasteiger partial charge in [-0.3, -0.25) is 0 Å². The number of anilines is 6. The van der Waals surface area contributed by atoms with Crippen molar-refractivity contribution in [3.8, 4) is 100 Å². The SMILES string of the molecule is c1ccc(-c2ccc(N(c3ccc(-c4ccc5c(c4)-c4ccccc4C54c5ccccc5-c5ccccc5-c5ccccc54)cc3)c3ccc4c(c3)oc3ccccc34)cc2)cc1.c1ccc(-c2ccc(N(c3ccc4c(c3)-c3ccccc3C43c4ccccc4-c4ccccc4-c4ccccc43)c3ccc4c(c3)oc3ccccc34)cc2)cc1. The molecule has 2 spiro atoms. The van der Waals surface area contributed by atoms with E-state index in [9.17, 15) is 0 Å². The molecular weight excluding hydrogens is 1450 g/mol. The van der Waals surface area contributed by atoms with Crippen LogP contribution in [0, 0.1) is 0 Å². The minimum atomic E-state index is -0.522. The lowest BCUT2D eigenvalue weighted by Crippen LogP contribution is -2.29. The van der Waals surface area contributed by atoms with Gasteiger partial charge in [0, 0.05) is 67.8 Å². The first kappa shape index (κ1) is 68.8. The molecule has 21 aromatic rings. The van der Waals surface area contributed by atoms with Crippen molar-refractivity contribution in [1.29, 1.82) is 0 Å². The van der Waals surface area contributed by atoms with Crippen LogP contribution in [0.1, 0.15) is 44.5 Å².